The Morgan fingerprint density at radius 1 is 1.33 bits per heavy atom. The first-order valence-electron chi connectivity index (χ1n) is 8.22. The first kappa shape index (κ1) is 18.4. The Morgan fingerprint density at radius 2 is 2.04 bits per heavy atom. The zero-order valence-electron chi connectivity index (χ0n) is 14.4. The van der Waals surface area contributed by atoms with Crippen LogP contribution in [0.25, 0.3) is 0 Å². The van der Waals surface area contributed by atoms with Crippen molar-refractivity contribution in [1.82, 2.24) is 5.32 Å². The van der Waals surface area contributed by atoms with Crippen LogP contribution in [0.15, 0.2) is 18.2 Å². The van der Waals surface area contributed by atoms with E-state index in [9.17, 15) is 4.79 Å². The average Bonchev–Trinajstić information content (AvgIpc) is 2.47. The minimum Gasteiger partial charge on any atom is -0.444 e. The number of amides is 1. The molecule has 1 aliphatic carbocycles. The van der Waals surface area contributed by atoms with E-state index in [2.05, 4.69) is 16.7 Å². The lowest BCUT2D eigenvalue weighted by atomic mass is 9.91. The maximum atomic E-state index is 11.9. The van der Waals surface area contributed by atoms with Gasteiger partial charge in [0.25, 0.3) is 0 Å². The third-order valence-corrected chi connectivity index (χ3v) is 4.17. The van der Waals surface area contributed by atoms with Gasteiger partial charge in [-0.3, -0.25) is 0 Å². The Labute approximate surface area is 148 Å². The second kappa shape index (κ2) is 7.76. The van der Waals surface area contributed by atoms with Crippen LogP contribution in [-0.2, 0) is 4.74 Å². The lowest BCUT2D eigenvalue weighted by molar-refractivity contribution is 0.0492. The lowest BCUT2D eigenvalue weighted by Gasteiger charge is -2.31. The van der Waals surface area contributed by atoms with Crippen molar-refractivity contribution in [2.24, 2.45) is 0 Å². The van der Waals surface area contributed by atoms with Gasteiger partial charge in [0.2, 0.25) is 0 Å². The maximum absolute atomic E-state index is 11.9. The summed E-state index contributed by atoms with van der Waals surface area (Å²) in [6, 6.07) is 7.61. The van der Waals surface area contributed by atoms with Crippen LogP contribution < -0.4 is 10.6 Å². The highest BCUT2D eigenvalue weighted by atomic mass is 35.5. The van der Waals surface area contributed by atoms with Gasteiger partial charge in [0.05, 0.1) is 22.3 Å². The smallest absolute Gasteiger partial charge is 0.407 e. The van der Waals surface area contributed by atoms with E-state index >= 15 is 0 Å². The molecule has 1 aromatic carbocycles. The van der Waals surface area contributed by atoms with Crippen molar-refractivity contribution >= 4 is 23.4 Å². The van der Waals surface area contributed by atoms with Gasteiger partial charge in [-0.25, -0.2) is 4.79 Å². The quantitative estimate of drug-likeness (QED) is 0.844. The highest BCUT2D eigenvalue weighted by Gasteiger charge is 2.25. The number of benzene rings is 1. The Bertz CT molecular complexity index is 634. The van der Waals surface area contributed by atoms with E-state index in [0.29, 0.717) is 10.6 Å². The average molecular weight is 350 g/mol. The molecule has 5 nitrogen and oxygen atoms in total. The molecule has 0 heterocycles. The Hall–Kier alpha value is -1.93. The van der Waals surface area contributed by atoms with Crippen LogP contribution in [-0.4, -0.2) is 23.8 Å². The molecule has 130 valence electrons. The fourth-order valence-electron chi connectivity index (χ4n) is 2.85. The van der Waals surface area contributed by atoms with Crippen molar-refractivity contribution in [2.75, 3.05) is 5.32 Å². The Balaban J connectivity index is 1.91. The molecule has 24 heavy (non-hydrogen) atoms. The van der Waals surface area contributed by atoms with Crippen LogP contribution in [0.4, 0.5) is 10.5 Å². The topological polar surface area (TPSA) is 74.2 Å². The molecule has 0 aromatic heterocycles. The molecule has 6 heteroatoms. The first-order chi connectivity index (χ1) is 11.3. The van der Waals surface area contributed by atoms with E-state index in [-0.39, 0.29) is 18.2 Å². The standard InChI is InChI=1S/C18H24ClN3O2/c1-18(2,3)24-17(23)22-14-6-4-5-13(10-14)21-16-8-7-12(11-20)9-15(16)19/h7-9,13-14,21H,4-6,10H2,1-3H3,(H,22,23). The van der Waals surface area contributed by atoms with Crippen LogP contribution in [0.3, 0.4) is 0 Å². The summed E-state index contributed by atoms with van der Waals surface area (Å²) in [5.41, 5.74) is 0.865. The van der Waals surface area contributed by atoms with Crippen LogP contribution in [0, 0.1) is 11.3 Å². The number of nitriles is 1. The second-order valence-corrected chi connectivity index (χ2v) is 7.56. The zero-order valence-corrected chi connectivity index (χ0v) is 15.1. The number of rotatable bonds is 3. The largest absolute Gasteiger partial charge is 0.444 e. The molecule has 0 saturated heterocycles. The van der Waals surface area contributed by atoms with Gasteiger partial charge in [-0.15, -0.1) is 0 Å². The SMILES string of the molecule is CC(C)(C)OC(=O)NC1CCCC(Nc2ccc(C#N)cc2Cl)C1. The third-order valence-electron chi connectivity index (χ3n) is 3.85. The molecule has 2 N–H and O–H groups in total. The van der Waals surface area contributed by atoms with Gasteiger partial charge < -0.3 is 15.4 Å². The van der Waals surface area contributed by atoms with E-state index < -0.39 is 5.60 Å². The van der Waals surface area contributed by atoms with Crippen molar-refractivity contribution in [1.29, 1.82) is 5.26 Å². The van der Waals surface area contributed by atoms with Crippen molar-refractivity contribution < 1.29 is 9.53 Å². The monoisotopic (exact) mass is 349 g/mol. The molecule has 2 rings (SSSR count). The van der Waals surface area contributed by atoms with Crippen molar-refractivity contribution in [2.45, 2.75) is 64.1 Å². The number of halogens is 1. The molecule has 0 radical (unpaired) electrons. The molecule has 1 saturated carbocycles. The van der Waals surface area contributed by atoms with Crippen LogP contribution in [0.2, 0.25) is 5.02 Å². The number of carbonyl (C=O) groups excluding carboxylic acids is 1. The number of nitrogens with one attached hydrogen (secondary N) is 2. The first-order valence-corrected chi connectivity index (χ1v) is 8.60. The number of alkyl carbamates (subject to hydrolysis) is 1. The van der Waals surface area contributed by atoms with Gasteiger partial charge in [0.1, 0.15) is 5.60 Å². The minimum atomic E-state index is -0.494. The van der Waals surface area contributed by atoms with Gasteiger partial charge in [-0.1, -0.05) is 11.6 Å². The van der Waals surface area contributed by atoms with Crippen molar-refractivity contribution in [3.05, 3.63) is 28.8 Å². The molecular weight excluding hydrogens is 326 g/mol. The predicted octanol–water partition coefficient (Wildman–Crippen LogP) is 4.46. The third kappa shape index (κ3) is 5.61. The van der Waals surface area contributed by atoms with Gasteiger partial charge in [0, 0.05) is 12.1 Å². The van der Waals surface area contributed by atoms with Crippen LogP contribution in [0.1, 0.15) is 52.0 Å². The number of hydrogen-bond acceptors (Lipinski definition) is 4. The fourth-order valence-corrected chi connectivity index (χ4v) is 3.08. The van der Waals surface area contributed by atoms with Gasteiger partial charge in [-0.05, 0) is 64.7 Å². The molecule has 1 fully saturated rings. The highest BCUT2D eigenvalue weighted by molar-refractivity contribution is 6.33. The normalized spacial score (nSPS) is 20.8. The molecule has 0 spiro atoms. The number of hydrogen-bond donors (Lipinski definition) is 2. The van der Waals surface area contributed by atoms with E-state index in [4.69, 9.17) is 21.6 Å². The molecule has 1 aromatic rings. The lowest BCUT2D eigenvalue weighted by Crippen LogP contribution is -2.43. The number of carbonyl (C=O) groups is 1. The van der Waals surface area contributed by atoms with Gasteiger partial charge in [-0.2, -0.15) is 5.26 Å². The molecule has 1 aliphatic rings. The summed E-state index contributed by atoms with van der Waals surface area (Å²) in [5, 5.41) is 15.8. The maximum Gasteiger partial charge on any atom is 0.407 e. The van der Waals surface area contributed by atoms with Crippen LogP contribution in [0.5, 0.6) is 0 Å². The number of nitrogens with zero attached hydrogens (tertiary/aromatic N) is 1. The summed E-state index contributed by atoms with van der Waals surface area (Å²) in [5.74, 6) is 0. The van der Waals surface area contributed by atoms with E-state index in [1.54, 1.807) is 12.1 Å². The second-order valence-electron chi connectivity index (χ2n) is 7.16. The molecule has 2 atom stereocenters. The van der Waals surface area contributed by atoms with Gasteiger partial charge >= 0.3 is 6.09 Å². The Morgan fingerprint density at radius 3 is 2.67 bits per heavy atom. The minimum absolute atomic E-state index is 0.0863. The van der Waals surface area contributed by atoms with Gasteiger partial charge in [0.15, 0.2) is 0 Å². The molecule has 0 bridgehead atoms. The molecule has 1 amide bonds. The van der Waals surface area contributed by atoms with Crippen molar-refractivity contribution in [3.8, 4) is 6.07 Å². The molecular formula is C18H24ClN3O2. The predicted molar refractivity (Wildman–Crippen MR) is 95.2 cm³/mol. The number of anilines is 1. The van der Waals surface area contributed by atoms with Crippen LogP contribution >= 0.6 is 11.6 Å². The molecule has 2 unspecified atom stereocenters. The zero-order chi connectivity index (χ0) is 17.7. The van der Waals surface area contributed by atoms with E-state index in [1.807, 2.05) is 26.8 Å². The molecule has 0 aliphatic heterocycles. The van der Waals surface area contributed by atoms with Crippen molar-refractivity contribution in [3.63, 3.8) is 0 Å². The fraction of sp³-hybridized carbons (Fsp3) is 0.556. The summed E-state index contributed by atoms with van der Waals surface area (Å²) in [6.07, 6.45) is 3.42. The Kier molecular flexibility index (Phi) is 5.95. The highest BCUT2D eigenvalue weighted by Crippen LogP contribution is 2.27. The van der Waals surface area contributed by atoms with E-state index in [1.165, 1.54) is 0 Å². The summed E-state index contributed by atoms with van der Waals surface area (Å²) in [7, 11) is 0. The van der Waals surface area contributed by atoms with E-state index in [0.717, 1.165) is 31.4 Å². The summed E-state index contributed by atoms with van der Waals surface area (Å²) >= 11 is 6.22. The summed E-state index contributed by atoms with van der Waals surface area (Å²) in [6.45, 7) is 5.56. The summed E-state index contributed by atoms with van der Waals surface area (Å²) in [4.78, 5) is 11.9. The number of ether oxygens (including phenoxy) is 1. The summed E-state index contributed by atoms with van der Waals surface area (Å²) < 4.78 is 5.32.